The molecule has 0 N–H and O–H groups in total. The van der Waals surface area contributed by atoms with Crippen molar-refractivity contribution in [1.82, 2.24) is 4.90 Å². The largest absolute Gasteiger partial charge is 0.418 e. The fourth-order valence-electron chi connectivity index (χ4n) is 2.48. The molecule has 1 unspecified atom stereocenters. The zero-order chi connectivity index (χ0) is 15.8. The molecule has 2 atom stereocenters. The Morgan fingerprint density at radius 1 is 1.24 bits per heavy atom. The highest BCUT2D eigenvalue weighted by atomic mass is 16.6. The van der Waals surface area contributed by atoms with Crippen molar-refractivity contribution in [2.45, 2.75) is 45.2 Å². The van der Waals surface area contributed by atoms with Gasteiger partial charge in [0, 0.05) is 6.04 Å². The lowest BCUT2D eigenvalue weighted by atomic mass is 10.0. The van der Waals surface area contributed by atoms with Crippen molar-refractivity contribution < 1.29 is 19.1 Å². The number of hydrogen-bond donors (Lipinski definition) is 0. The molecule has 2 rings (SSSR count). The van der Waals surface area contributed by atoms with Crippen molar-refractivity contribution in [1.29, 1.82) is 0 Å². The van der Waals surface area contributed by atoms with E-state index in [0.717, 1.165) is 19.3 Å². The van der Waals surface area contributed by atoms with Crippen molar-refractivity contribution in [3.63, 3.8) is 0 Å². The van der Waals surface area contributed by atoms with Crippen molar-refractivity contribution in [2.24, 2.45) is 0 Å². The van der Waals surface area contributed by atoms with Crippen molar-refractivity contribution in [3.05, 3.63) is 35.9 Å². The van der Waals surface area contributed by atoms with Gasteiger partial charge >= 0.3 is 12.1 Å². The normalized spacial score (nSPS) is 18.8. The second-order valence-corrected chi connectivity index (χ2v) is 4.86. The molecule has 0 radical (unpaired) electrons. The summed E-state index contributed by atoms with van der Waals surface area (Å²) in [4.78, 5) is 32.7. The third kappa shape index (κ3) is 4.15. The predicted molar refractivity (Wildman–Crippen MR) is 78.8 cm³/mol. The van der Waals surface area contributed by atoms with Crippen LogP contribution in [0, 0.1) is 0 Å². The Morgan fingerprint density at radius 2 is 1.86 bits per heavy atom. The number of hydrogen-bond acceptors (Lipinski definition) is 4. The summed E-state index contributed by atoms with van der Waals surface area (Å²) in [5.41, 5.74) is 1.24. The molecule has 1 heterocycles. The maximum atomic E-state index is 11.7. The highest BCUT2D eigenvalue weighted by molar-refractivity contribution is 5.95. The molecular formula is C16H21NO4. The van der Waals surface area contributed by atoms with Gasteiger partial charge in [-0.25, -0.2) is 9.59 Å². The monoisotopic (exact) mass is 291 g/mol. The number of benzene rings is 1. The highest BCUT2D eigenvalue weighted by Gasteiger charge is 2.41. The Bertz CT molecular complexity index is 474. The number of carbonyl (C=O) groups excluding carboxylic acids is 3. The first-order valence-corrected chi connectivity index (χ1v) is 7.00. The fourth-order valence-corrected chi connectivity index (χ4v) is 2.48. The van der Waals surface area contributed by atoms with Gasteiger partial charge in [-0.1, -0.05) is 37.3 Å². The van der Waals surface area contributed by atoms with Crippen LogP contribution in [-0.2, 0) is 20.7 Å². The number of rotatable bonds is 5. The molecular weight excluding hydrogens is 270 g/mol. The lowest BCUT2D eigenvalue weighted by Gasteiger charge is -2.27. The number of amides is 1. The molecule has 114 valence electrons. The van der Waals surface area contributed by atoms with E-state index < -0.39 is 18.1 Å². The molecule has 5 nitrogen and oxygen atoms in total. The Hall–Kier alpha value is -2.17. The zero-order valence-electron chi connectivity index (χ0n) is 12.5. The fraction of sp³-hybridized carbons (Fsp3) is 0.438. The summed E-state index contributed by atoms with van der Waals surface area (Å²) in [5, 5.41) is 0. The van der Waals surface area contributed by atoms with E-state index in [1.165, 1.54) is 5.56 Å². The minimum atomic E-state index is -0.502. The molecule has 0 bridgehead atoms. The van der Waals surface area contributed by atoms with Gasteiger partial charge in [0.25, 0.3) is 0 Å². The highest BCUT2D eigenvalue weighted by Crippen LogP contribution is 2.22. The molecule has 0 spiro atoms. The maximum Gasteiger partial charge on any atom is 0.418 e. The van der Waals surface area contributed by atoms with Crippen LogP contribution in [0.4, 0.5) is 4.79 Å². The van der Waals surface area contributed by atoms with Crippen LogP contribution in [0.1, 0.15) is 32.3 Å². The Balaban J connectivity index is 0.00000106. The molecule has 21 heavy (non-hydrogen) atoms. The molecule has 0 saturated carbocycles. The van der Waals surface area contributed by atoms with E-state index in [9.17, 15) is 9.59 Å². The van der Waals surface area contributed by atoms with Gasteiger partial charge in [-0.15, -0.1) is 0 Å². The number of aryl methyl sites for hydroxylation is 1. The van der Waals surface area contributed by atoms with Crippen LogP contribution < -0.4 is 0 Å². The first kappa shape index (κ1) is 16.9. The summed E-state index contributed by atoms with van der Waals surface area (Å²) in [5.74, 6) is -0.442. The van der Waals surface area contributed by atoms with E-state index in [4.69, 9.17) is 4.79 Å². The molecule has 1 fully saturated rings. The van der Waals surface area contributed by atoms with Crippen LogP contribution in [0.25, 0.3) is 0 Å². The molecule has 1 aliphatic heterocycles. The molecule has 0 aromatic heterocycles. The van der Waals surface area contributed by atoms with E-state index in [0.29, 0.717) is 0 Å². The van der Waals surface area contributed by atoms with Crippen LogP contribution in [-0.4, -0.2) is 35.8 Å². The SMILES string of the molecule is C=O.CC[C@H](CCc1ccccc1)N1C(=O)OC(=O)C1C. The minimum absolute atomic E-state index is 0.0501. The number of nitrogens with zero attached hydrogens (tertiary/aromatic N) is 1. The number of ether oxygens (including phenoxy) is 1. The average molecular weight is 291 g/mol. The smallest absolute Gasteiger partial charge is 0.375 e. The summed E-state index contributed by atoms with van der Waals surface area (Å²) in [6.07, 6.45) is 2.05. The van der Waals surface area contributed by atoms with E-state index in [1.54, 1.807) is 11.8 Å². The van der Waals surface area contributed by atoms with Gasteiger partial charge < -0.3 is 9.53 Å². The predicted octanol–water partition coefficient (Wildman–Crippen LogP) is 2.58. The first-order valence-electron chi connectivity index (χ1n) is 7.00. The van der Waals surface area contributed by atoms with Crippen molar-refractivity contribution >= 4 is 18.9 Å². The van der Waals surface area contributed by atoms with Gasteiger partial charge in [-0.2, -0.15) is 0 Å². The van der Waals surface area contributed by atoms with Crippen LogP contribution >= 0.6 is 0 Å². The van der Waals surface area contributed by atoms with Crippen molar-refractivity contribution in [2.75, 3.05) is 0 Å². The molecule has 0 aliphatic carbocycles. The van der Waals surface area contributed by atoms with E-state index >= 15 is 0 Å². The second-order valence-electron chi connectivity index (χ2n) is 4.86. The lowest BCUT2D eigenvalue weighted by molar-refractivity contribution is -0.135. The van der Waals surface area contributed by atoms with Gasteiger partial charge in [0.15, 0.2) is 0 Å². The van der Waals surface area contributed by atoms with E-state index in [2.05, 4.69) is 16.9 Å². The Kier molecular flexibility index (Phi) is 6.59. The molecule has 1 amide bonds. The average Bonchev–Trinajstić information content (AvgIpc) is 2.77. The number of carbonyl (C=O) groups is 3. The van der Waals surface area contributed by atoms with E-state index in [1.807, 2.05) is 31.9 Å². The maximum absolute atomic E-state index is 11.7. The van der Waals surface area contributed by atoms with Crippen LogP contribution in [0.3, 0.4) is 0 Å². The first-order chi connectivity index (χ1) is 10.1. The van der Waals surface area contributed by atoms with Crippen LogP contribution in [0.2, 0.25) is 0 Å². The van der Waals surface area contributed by atoms with Gasteiger partial charge in [-0.05, 0) is 31.7 Å². The van der Waals surface area contributed by atoms with Gasteiger partial charge in [-0.3, -0.25) is 4.90 Å². The minimum Gasteiger partial charge on any atom is -0.375 e. The zero-order valence-corrected chi connectivity index (χ0v) is 12.5. The second kappa shape index (κ2) is 8.19. The number of cyclic esters (lactones) is 2. The lowest BCUT2D eigenvalue weighted by Crippen LogP contribution is -2.41. The quantitative estimate of drug-likeness (QED) is 0.618. The van der Waals surface area contributed by atoms with Gasteiger partial charge in [0.2, 0.25) is 0 Å². The van der Waals surface area contributed by atoms with Crippen molar-refractivity contribution in [3.8, 4) is 0 Å². The van der Waals surface area contributed by atoms with Crippen LogP contribution in [0.15, 0.2) is 30.3 Å². The number of esters is 1. The summed E-state index contributed by atoms with van der Waals surface area (Å²) < 4.78 is 4.67. The summed E-state index contributed by atoms with van der Waals surface area (Å²) in [6.45, 7) is 5.75. The van der Waals surface area contributed by atoms with Gasteiger partial charge in [0.1, 0.15) is 12.8 Å². The molecule has 1 aromatic carbocycles. The topological polar surface area (TPSA) is 63.7 Å². The molecule has 1 aromatic rings. The van der Waals surface area contributed by atoms with Crippen LogP contribution in [0.5, 0.6) is 0 Å². The summed E-state index contributed by atoms with van der Waals surface area (Å²) >= 11 is 0. The third-order valence-corrected chi connectivity index (χ3v) is 3.63. The standard InChI is InChI=1S/C15H19NO3.CH2O/c1-3-13(10-9-12-7-5-4-6-8-12)16-11(2)14(17)19-15(16)18;1-2/h4-8,11,13H,3,9-10H2,1-2H3;1H2/t11?,13-;/m1./s1. The third-order valence-electron chi connectivity index (χ3n) is 3.63. The summed E-state index contributed by atoms with van der Waals surface area (Å²) in [7, 11) is 0. The summed E-state index contributed by atoms with van der Waals surface area (Å²) in [6, 6.07) is 9.73. The Morgan fingerprint density at radius 3 is 2.33 bits per heavy atom. The molecule has 1 saturated heterocycles. The molecule has 5 heteroatoms. The Labute approximate surface area is 124 Å². The molecule has 1 aliphatic rings. The van der Waals surface area contributed by atoms with Gasteiger partial charge in [0.05, 0.1) is 0 Å². The van der Waals surface area contributed by atoms with E-state index in [-0.39, 0.29) is 6.04 Å².